The molecule has 0 aliphatic heterocycles. The van der Waals surface area contributed by atoms with Gasteiger partial charge in [-0.05, 0) is 47.4 Å². The maximum atomic E-state index is 11.9. The van der Waals surface area contributed by atoms with Gasteiger partial charge < -0.3 is 10.6 Å². The second kappa shape index (κ2) is 5.13. The molecule has 3 unspecified atom stereocenters. The maximum absolute atomic E-state index is 11.9. The number of hydrogen-bond acceptors (Lipinski definition) is 3. The van der Waals surface area contributed by atoms with Gasteiger partial charge in [0.1, 0.15) is 5.82 Å². The summed E-state index contributed by atoms with van der Waals surface area (Å²) in [5, 5.41) is 6.04. The molecule has 1 fully saturated rings. The second-order valence-corrected chi connectivity index (χ2v) is 6.12. The predicted octanol–water partition coefficient (Wildman–Crippen LogP) is 2.44. The fourth-order valence-corrected chi connectivity index (χ4v) is 3.84. The number of benzene rings is 1. The van der Waals surface area contributed by atoms with Crippen molar-refractivity contribution in [2.24, 2.45) is 11.8 Å². The van der Waals surface area contributed by atoms with Crippen LogP contribution >= 0.6 is 0 Å². The first-order valence-corrected chi connectivity index (χ1v) is 7.78. The first kappa shape index (κ1) is 13.3. The van der Waals surface area contributed by atoms with Crippen molar-refractivity contribution in [3.8, 4) is 0 Å². The smallest absolute Gasteiger partial charge is 0.254 e. The van der Waals surface area contributed by atoms with Crippen molar-refractivity contribution in [3.05, 3.63) is 59.3 Å². The Morgan fingerprint density at radius 2 is 2.14 bits per heavy atom. The van der Waals surface area contributed by atoms with Gasteiger partial charge in [0.25, 0.3) is 5.91 Å². The van der Waals surface area contributed by atoms with Crippen molar-refractivity contribution >= 4 is 11.7 Å². The molecule has 22 heavy (non-hydrogen) atoms. The van der Waals surface area contributed by atoms with Gasteiger partial charge in [-0.3, -0.25) is 4.79 Å². The van der Waals surface area contributed by atoms with Crippen LogP contribution < -0.4 is 10.6 Å². The van der Waals surface area contributed by atoms with E-state index >= 15 is 0 Å². The number of fused-ring (bicyclic) bond motifs is 3. The van der Waals surface area contributed by atoms with E-state index in [9.17, 15) is 4.79 Å². The highest BCUT2D eigenvalue weighted by atomic mass is 16.1. The molecular formula is C18H19N3O. The van der Waals surface area contributed by atoms with E-state index in [0.29, 0.717) is 23.2 Å². The monoisotopic (exact) mass is 293 g/mol. The van der Waals surface area contributed by atoms with Crippen LogP contribution in [0.4, 0.5) is 5.82 Å². The summed E-state index contributed by atoms with van der Waals surface area (Å²) >= 11 is 0. The normalized spacial score (nSPS) is 24.3. The summed E-state index contributed by atoms with van der Waals surface area (Å²) in [5.74, 6) is 2.69. The Hall–Kier alpha value is -2.36. The van der Waals surface area contributed by atoms with Crippen LogP contribution in [0, 0.1) is 11.8 Å². The van der Waals surface area contributed by atoms with Crippen molar-refractivity contribution in [2.45, 2.75) is 12.3 Å². The average Bonchev–Trinajstić information content (AvgIpc) is 3.10. The number of hydrogen-bond donors (Lipinski definition) is 2. The summed E-state index contributed by atoms with van der Waals surface area (Å²) in [6.07, 6.45) is 2.91. The molecular weight excluding hydrogens is 274 g/mol. The number of carbonyl (C=O) groups is 1. The number of amides is 1. The first-order chi connectivity index (χ1) is 10.8. The van der Waals surface area contributed by atoms with Crippen molar-refractivity contribution < 1.29 is 4.79 Å². The Morgan fingerprint density at radius 1 is 1.27 bits per heavy atom. The van der Waals surface area contributed by atoms with Gasteiger partial charge in [0.2, 0.25) is 0 Å². The van der Waals surface area contributed by atoms with Crippen LogP contribution in [0.3, 0.4) is 0 Å². The van der Waals surface area contributed by atoms with Gasteiger partial charge in [-0.15, -0.1) is 0 Å². The maximum Gasteiger partial charge on any atom is 0.254 e. The van der Waals surface area contributed by atoms with E-state index in [1.165, 1.54) is 17.5 Å². The highest BCUT2D eigenvalue weighted by molar-refractivity contribution is 5.98. The lowest BCUT2D eigenvalue weighted by atomic mass is 10.0. The molecule has 1 aromatic heterocycles. The predicted molar refractivity (Wildman–Crippen MR) is 86.0 cm³/mol. The third kappa shape index (κ3) is 2.06. The molecule has 2 aliphatic rings. The summed E-state index contributed by atoms with van der Waals surface area (Å²) in [4.78, 5) is 16.2. The zero-order chi connectivity index (χ0) is 15.1. The van der Waals surface area contributed by atoms with Gasteiger partial charge in [-0.2, -0.15) is 0 Å². The van der Waals surface area contributed by atoms with Crippen LogP contribution in [0.25, 0.3) is 0 Å². The summed E-state index contributed by atoms with van der Waals surface area (Å²) in [6, 6.07) is 12.4. The highest BCUT2D eigenvalue weighted by Gasteiger charge is 2.54. The number of aromatic nitrogens is 1. The lowest BCUT2D eigenvalue weighted by Gasteiger charge is -2.11. The molecule has 2 aliphatic carbocycles. The van der Waals surface area contributed by atoms with Crippen molar-refractivity contribution in [2.75, 3.05) is 18.9 Å². The molecule has 4 nitrogen and oxygen atoms in total. The van der Waals surface area contributed by atoms with Gasteiger partial charge in [0.05, 0.1) is 5.56 Å². The van der Waals surface area contributed by atoms with Gasteiger partial charge in [-0.1, -0.05) is 24.3 Å². The lowest BCUT2D eigenvalue weighted by Crippen LogP contribution is -2.21. The molecule has 3 atom stereocenters. The standard InChI is InChI=1S/C18H19N3O/c1-19-18(22)13-7-4-8-20-17(13)21-10-15-14-9-11-5-2-3-6-12(11)16(14)15/h2-8,14-16H,9-10H2,1H3,(H,19,22)(H,20,21). The molecule has 2 aromatic rings. The molecule has 1 amide bonds. The zero-order valence-corrected chi connectivity index (χ0v) is 12.5. The number of rotatable bonds is 4. The largest absolute Gasteiger partial charge is 0.369 e. The van der Waals surface area contributed by atoms with E-state index in [1.54, 1.807) is 25.4 Å². The average molecular weight is 293 g/mol. The highest BCUT2D eigenvalue weighted by Crippen LogP contribution is 2.61. The van der Waals surface area contributed by atoms with E-state index in [4.69, 9.17) is 0 Å². The molecule has 1 heterocycles. The van der Waals surface area contributed by atoms with Gasteiger partial charge >= 0.3 is 0 Å². The zero-order valence-electron chi connectivity index (χ0n) is 12.5. The molecule has 1 saturated carbocycles. The van der Waals surface area contributed by atoms with E-state index in [-0.39, 0.29) is 5.91 Å². The molecule has 0 radical (unpaired) electrons. The molecule has 0 bridgehead atoms. The number of anilines is 1. The fraction of sp³-hybridized carbons (Fsp3) is 0.333. The van der Waals surface area contributed by atoms with Crippen LogP contribution in [-0.2, 0) is 6.42 Å². The van der Waals surface area contributed by atoms with Crippen molar-refractivity contribution in [3.63, 3.8) is 0 Å². The minimum absolute atomic E-state index is 0.100. The Bertz CT molecular complexity index is 728. The van der Waals surface area contributed by atoms with E-state index < -0.39 is 0 Å². The van der Waals surface area contributed by atoms with E-state index in [0.717, 1.165) is 12.5 Å². The van der Waals surface area contributed by atoms with Crippen LogP contribution in [0.1, 0.15) is 27.4 Å². The molecule has 4 heteroatoms. The lowest BCUT2D eigenvalue weighted by molar-refractivity contribution is 0.0963. The van der Waals surface area contributed by atoms with Crippen LogP contribution in [0.2, 0.25) is 0 Å². The fourth-order valence-electron chi connectivity index (χ4n) is 3.84. The topological polar surface area (TPSA) is 54.0 Å². The summed E-state index contributed by atoms with van der Waals surface area (Å²) in [6.45, 7) is 0.880. The Morgan fingerprint density at radius 3 is 3.00 bits per heavy atom. The SMILES string of the molecule is CNC(=O)c1cccnc1NCC1C2Cc3ccccc3C12. The first-order valence-electron chi connectivity index (χ1n) is 7.78. The third-order valence-electron chi connectivity index (χ3n) is 4.99. The van der Waals surface area contributed by atoms with Gasteiger partial charge in [0, 0.05) is 19.8 Å². The summed E-state index contributed by atoms with van der Waals surface area (Å²) in [5.41, 5.74) is 3.64. The van der Waals surface area contributed by atoms with Crippen molar-refractivity contribution in [1.29, 1.82) is 0 Å². The van der Waals surface area contributed by atoms with Gasteiger partial charge in [-0.25, -0.2) is 4.98 Å². The minimum Gasteiger partial charge on any atom is -0.369 e. The van der Waals surface area contributed by atoms with Crippen LogP contribution in [-0.4, -0.2) is 24.5 Å². The number of nitrogens with zero attached hydrogens (tertiary/aromatic N) is 1. The number of carbonyl (C=O) groups excluding carboxylic acids is 1. The molecule has 4 rings (SSSR count). The molecule has 112 valence electrons. The van der Waals surface area contributed by atoms with Crippen molar-refractivity contribution in [1.82, 2.24) is 10.3 Å². The third-order valence-corrected chi connectivity index (χ3v) is 4.99. The van der Waals surface area contributed by atoms with Crippen LogP contribution in [0.5, 0.6) is 0 Å². The Kier molecular flexibility index (Phi) is 3.10. The van der Waals surface area contributed by atoms with Gasteiger partial charge in [0.15, 0.2) is 0 Å². The second-order valence-electron chi connectivity index (χ2n) is 6.12. The molecule has 2 N–H and O–H groups in total. The minimum atomic E-state index is -0.100. The molecule has 0 saturated heterocycles. The Labute approximate surface area is 130 Å². The van der Waals surface area contributed by atoms with E-state index in [2.05, 4.69) is 39.9 Å². The van der Waals surface area contributed by atoms with Crippen LogP contribution in [0.15, 0.2) is 42.6 Å². The summed E-state index contributed by atoms with van der Waals surface area (Å²) < 4.78 is 0. The molecule has 0 spiro atoms. The number of pyridine rings is 1. The van der Waals surface area contributed by atoms with E-state index in [1.807, 2.05) is 0 Å². The quantitative estimate of drug-likeness (QED) is 0.910. The number of nitrogens with one attached hydrogen (secondary N) is 2. The molecule has 1 aromatic carbocycles. The Balaban J connectivity index is 1.45. The summed E-state index contributed by atoms with van der Waals surface area (Å²) in [7, 11) is 1.64.